The molecule has 1 aromatic heterocycles. The van der Waals surface area contributed by atoms with E-state index in [1.807, 2.05) is 16.7 Å². The maximum atomic E-state index is 12.7. The zero-order chi connectivity index (χ0) is 21.1. The number of methoxy groups -OCH3 is 2. The third-order valence-corrected chi connectivity index (χ3v) is 5.69. The average molecular weight is 424 g/mol. The molecule has 0 unspecified atom stereocenters. The van der Waals surface area contributed by atoms with Crippen molar-refractivity contribution < 1.29 is 23.7 Å². The number of hydrogen-bond acceptors (Lipinski definition) is 6. The first-order valence-corrected chi connectivity index (χ1v) is 10.1. The highest BCUT2D eigenvalue weighted by molar-refractivity contribution is 7.16. The van der Waals surface area contributed by atoms with Crippen LogP contribution in [0.2, 0.25) is 0 Å². The normalized spacial score (nSPS) is 13.2. The molecule has 7 nitrogen and oxygen atoms in total. The van der Waals surface area contributed by atoms with Crippen LogP contribution in [0.25, 0.3) is 10.2 Å². The highest BCUT2D eigenvalue weighted by atomic mass is 32.1. The van der Waals surface area contributed by atoms with Crippen LogP contribution in [0, 0.1) is 12.3 Å². The van der Waals surface area contributed by atoms with Crippen molar-refractivity contribution in [3.8, 4) is 35.3 Å². The Labute approximate surface area is 177 Å². The van der Waals surface area contributed by atoms with E-state index in [9.17, 15) is 4.79 Å². The summed E-state index contributed by atoms with van der Waals surface area (Å²) in [6, 6.07) is 9.11. The minimum Gasteiger partial charge on any atom is -0.497 e. The summed E-state index contributed by atoms with van der Waals surface area (Å²) in [7, 11) is 3.13. The number of nitrogens with zero attached hydrogens (tertiary/aromatic N) is 2. The summed E-state index contributed by atoms with van der Waals surface area (Å²) in [6.07, 6.45) is 5.66. The van der Waals surface area contributed by atoms with Gasteiger partial charge in [0.25, 0.3) is 5.91 Å². The van der Waals surface area contributed by atoms with Crippen molar-refractivity contribution in [2.75, 3.05) is 27.4 Å². The van der Waals surface area contributed by atoms with Crippen LogP contribution in [0.5, 0.6) is 23.0 Å². The number of hydrogen-bond donors (Lipinski definition) is 0. The van der Waals surface area contributed by atoms with E-state index < -0.39 is 0 Å². The van der Waals surface area contributed by atoms with Crippen molar-refractivity contribution in [2.24, 2.45) is 4.99 Å². The molecule has 0 atom stereocenters. The first kappa shape index (κ1) is 19.9. The predicted molar refractivity (Wildman–Crippen MR) is 113 cm³/mol. The topological polar surface area (TPSA) is 71.3 Å². The summed E-state index contributed by atoms with van der Waals surface area (Å²) < 4.78 is 24.7. The molecule has 30 heavy (non-hydrogen) atoms. The lowest BCUT2D eigenvalue weighted by Crippen LogP contribution is -2.18. The minimum atomic E-state index is -0.298. The van der Waals surface area contributed by atoms with Gasteiger partial charge in [-0.15, -0.1) is 6.42 Å². The molecule has 0 fully saturated rings. The second-order valence-electron chi connectivity index (χ2n) is 6.50. The van der Waals surface area contributed by atoms with E-state index in [-0.39, 0.29) is 18.9 Å². The summed E-state index contributed by atoms with van der Waals surface area (Å²) in [5, 5.41) is 0. The molecule has 1 amide bonds. The highest BCUT2D eigenvalue weighted by Gasteiger charge is 2.17. The average Bonchev–Trinajstić information content (AvgIpc) is 3.08. The third kappa shape index (κ3) is 3.84. The van der Waals surface area contributed by atoms with Gasteiger partial charge in [0.2, 0.25) is 0 Å². The molecule has 0 bridgehead atoms. The van der Waals surface area contributed by atoms with Gasteiger partial charge in [0.1, 0.15) is 24.7 Å². The number of terminal acetylenes is 1. The fourth-order valence-corrected chi connectivity index (χ4v) is 4.30. The SMILES string of the molecule is C#CCn1c(=NC(=O)Cc2ccc(OC)cc2OC)sc2cc3c(cc21)OCCO3. The van der Waals surface area contributed by atoms with Gasteiger partial charge in [-0.3, -0.25) is 4.79 Å². The predicted octanol–water partition coefficient (Wildman–Crippen LogP) is 2.79. The molecule has 154 valence electrons. The Morgan fingerprint density at radius 1 is 1.20 bits per heavy atom. The lowest BCUT2D eigenvalue weighted by molar-refractivity contribution is -0.117. The second kappa shape index (κ2) is 8.51. The fourth-order valence-electron chi connectivity index (χ4n) is 3.24. The van der Waals surface area contributed by atoms with Crippen molar-refractivity contribution in [2.45, 2.75) is 13.0 Å². The van der Waals surface area contributed by atoms with Crippen LogP contribution in [-0.2, 0) is 17.8 Å². The number of fused-ring (bicyclic) bond motifs is 2. The summed E-state index contributed by atoms with van der Waals surface area (Å²) in [6.45, 7) is 1.29. The molecule has 1 aliphatic heterocycles. The molecule has 4 rings (SSSR count). The van der Waals surface area contributed by atoms with Crippen molar-refractivity contribution in [3.05, 3.63) is 40.7 Å². The molecule has 2 heterocycles. The number of carbonyl (C=O) groups is 1. The number of ether oxygens (including phenoxy) is 4. The van der Waals surface area contributed by atoms with Gasteiger partial charge >= 0.3 is 0 Å². The Morgan fingerprint density at radius 3 is 2.67 bits per heavy atom. The molecule has 0 radical (unpaired) electrons. The van der Waals surface area contributed by atoms with E-state index in [0.717, 1.165) is 15.8 Å². The first-order chi connectivity index (χ1) is 14.6. The van der Waals surface area contributed by atoms with Crippen LogP contribution in [0.1, 0.15) is 5.56 Å². The molecule has 0 N–H and O–H groups in total. The fraction of sp³-hybridized carbons (Fsp3) is 0.273. The lowest BCUT2D eigenvalue weighted by atomic mass is 10.1. The summed E-state index contributed by atoms with van der Waals surface area (Å²) in [4.78, 5) is 17.6. The van der Waals surface area contributed by atoms with E-state index in [2.05, 4.69) is 10.9 Å². The number of thiazole rings is 1. The van der Waals surface area contributed by atoms with E-state index in [1.54, 1.807) is 32.4 Å². The highest BCUT2D eigenvalue weighted by Crippen LogP contribution is 2.35. The Morgan fingerprint density at radius 2 is 1.97 bits per heavy atom. The molecule has 3 aromatic rings. The number of amides is 1. The Kier molecular flexibility index (Phi) is 5.63. The van der Waals surface area contributed by atoms with Crippen molar-refractivity contribution in [1.29, 1.82) is 0 Å². The van der Waals surface area contributed by atoms with Crippen molar-refractivity contribution >= 4 is 27.5 Å². The molecule has 0 saturated heterocycles. The number of benzene rings is 2. The maximum Gasteiger partial charge on any atom is 0.252 e. The van der Waals surface area contributed by atoms with Gasteiger partial charge in [-0.25, -0.2) is 0 Å². The minimum absolute atomic E-state index is 0.0974. The number of carbonyl (C=O) groups excluding carboxylic acids is 1. The largest absolute Gasteiger partial charge is 0.497 e. The van der Waals surface area contributed by atoms with Gasteiger partial charge in [-0.2, -0.15) is 4.99 Å². The van der Waals surface area contributed by atoms with Crippen molar-refractivity contribution in [1.82, 2.24) is 4.57 Å². The van der Waals surface area contributed by atoms with Gasteiger partial charge in [-0.1, -0.05) is 23.3 Å². The first-order valence-electron chi connectivity index (χ1n) is 9.28. The lowest BCUT2D eigenvalue weighted by Gasteiger charge is -2.18. The van der Waals surface area contributed by atoms with Crippen LogP contribution in [0.4, 0.5) is 0 Å². The molecule has 0 spiro atoms. The Bertz CT molecular complexity index is 1220. The molecular formula is C22H20N2O5S. The molecule has 0 aliphatic carbocycles. The summed E-state index contributed by atoms with van der Waals surface area (Å²) in [5.41, 5.74) is 1.59. The van der Waals surface area contributed by atoms with Gasteiger partial charge in [0, 0.05) is 23.8 Å². The molecule has 2 aromatic carbocycles. The summed E-state index contributed by atoms with van der Waals surface area (Å²) in [5.74, 6) is 4.91. The number of rotatable bonds is 5. The zero-order valence-corrected chi connectivity index (χ0v) is 17.5. The summed E-state index contributed by atoms with van der Waals surface area (Å²) >= 11 is 1.38. The van der Waals surface area contributed by atoms with Gasteiger partial charge < -0.3 is 23.5 Å². The third-order valence-electron chi connectivity index (χ3n) is 4.65. The Balaban J connectivity index is 1.72. The van der Waals surface area contributed by atoms with Gasteiger partial charge in [0.05, 0.1) is 37.4 Å². The van der Waals surface area contributed by atoms with Crippen LogP contribution < -0.4 is 23.7 Å². The molecule has 8 heteroatoms. The van der Waals surface area contributed by atoms with Crippen molar-refractivity contribution in [3.63, 3.8) is 0 Å². The van der Waals surface area contributed by atoms with E-state index in [4.69, 9.17) is 25.4 Å². The van der Waals surface area contributed by atoms with Crippen LogP contribution in [-0.4, -0.2) is 37.9 Å². The van der Waals surface area contributed by atoms with Crippen LogP contribution in [0.15, 0.2) is 35.3 Å². The van der Waals surface area contributed by atoms with Crippen LogP contribution >= 0.6 is 11.3 Å². The van der Waals surface area contributed by atoms with Gasteiger partial charge in [0.15, 0.2) is 16.3 Å². The standard InChI is InChI=1S/C22H20N2O5S/c1-4-7-24-16-12-18-19(29-9-8-28-18)13-20(16)30-22(24)23-21(25)10-14-5-6-15(26-2)11-17(14)27-3/h1,5-6,11-13H,7-10H2,2-3H3. The maximum absolute atomic E-state index is 12.7. The number of aromatic nitrogens is 1. The molecule has 1 aliphatic rings. The zero-order valence-electron chi connectivity index (χ0n) is 16.6. The molecule has 0 saturated carbocycles. The quantitative estimate of drug-likeness (QED) is 0.589. The van der Waals surface area contributed by atoms with Gasteiger partial charge in [-0.05, 0) is 6.07 Å². The van der Waals surface area contributed by atoms with E-state index in [0.29, 0.717) is 41.0 Å². The monoisotopic (exact) mass is 424 g/mol. The van der Waals surface area contributed by atoms with E-state index >= 15 is 0 Å². The molecular weight excluding hydrogens is 404 g/mol. The van der Waals surface area contributed by atoms with Crippen LogP contribution in [0.3, 0.4) is 0 Å². The Hall–Kier alpha value is -3.44. The second-order valence-corrected chi connectivity index (χ2v) is 7.51. The van der Waals surface area contributed by atoms with E-state index in [1.165, 1.54) is 11.3 Å². The smallest absolute Gasteiger partial charge is 0.252 e.